The highest BCUT2D eigenvalue weighted by molar-refractivity contribution is 7.92. The van der Waals surface area contributed by atoms with Gasteiger partial charge in [0.2, 0.25) is 5.88 Å². The molecule has 8 nitrogen and oxygen atoms in total. The van der Waals surface area contributed by atoms with E-state index in [4.69, 9.17) is 21.9 Å². The van der Waals surface area contributed by atoms with E-state index in [9.17, 15) is 8.42 Å². The Kier molecular flexibility index (Phi) is 6.67. The molecule has 0 saturated carbocycles. The smallest absolute Gasteiger partial charge is 0.223 e. The fourth-order valence-corrected chi connectivity index (χ4v) is 3.79. The molecule has 0 aliphatic heterocycles. The highest BCUT2D eigenvalue weighted by Gasteiger charge is 2.33. The Hall–Kier alpha value is -2.09. The zero-order valence-corrected chi connectivity index (χ0v) is 19.0. The van der Waals surface area contributed by atoms with Crippen LogP contribution in [0.1, 0.15) is 53.0 Å². The van der Waals surface area contributed by atoms with Crippen molar-refractivity contribution in [3.63, 3.8) is 0 Å². The van der Waals surface area contributed by atoms with E-state index < -0.39 is 26.2 Å². The number of hydrogen-bond acceptors (Lipinski definition) is 6. The van der Waals surface area contributed by atoms with E-state index in [1.54, 1.807) is 39.2 Å². The SMILES string of the molecule is CC[C@@](C)(N=[N+]=[N-])c1cnc(O[C@H](C)CC(C)(C)S(C)(=O)=O)c2cnc(Cl)cc12. The molecule has 2 heterocycles. The summed E-state index contributed by atoms with van der Waals surface area (Å²) in [5.74, 6) is 0.323. The maximum Gasteiger partial charge on any atom is 0.223 e. The predicted octanol–water partition coefficient (Wildman–Crippen LogP) is 5.20. The summed E-state index contributed by atoms with van der Waals surface area (Å²) in [5.41, 5.74) is 8.90. The Morgan fingerprint density at radius 2 is 1.93 bits per heavy atom. The molecule has 2 atom stereocenters. The zero-order chi connectivity index (χ0) is 22.0. The summed E-state index contributed by atoms with van der Waals surface area (Å²) in [5, 5.41) is 5.59. The number of pyridine rings is 2. The molecule has 0 aromatic carbocycles. The second-order valence-electron chi connectivity index (χ2n) is 8.01. The first-order chi connectivity index (χ1) is 13.3. The summed E-state index contributed by atoms with van der Waals surface area (Å²) in [4.78, 5) is 11.5. The number of azide groups is 1. The van der Waals surface area contributed by atoms with Gasteiger partial charge in [0.15, 0.2) is 9.84 Å². The van der Waals surface area contributed by atoms with Crippen LogP contribution in [0, 0.1) is 0 Å². The van der Waals surface area contributed by atoms with E-state index in [0.717, 1.165) is 5.39 Å². The molecule has 0 amide bonds. The standard InChI is InChI=1S/C19H26ClN5O3S/c1-7-19(5,24-25-21)15-11-23-17(14-10-22-16(20)8-13(14)15)28-12(2)9-18(3,4)29(6,26)27/h8,10-12H,7,9H2,1-6H3/t12-,19-/m1/s1. The lowest BCUT2D eigenvalue weighted by atomic mass is 9.88. The maximum atomic E-state index is 12.0. The van der Waals surface area contributed by atoms with Crippen LogP contribution in [0.3, 0.4) is 0 Å². The average Bonchev–Trinajstić information content (AvgIpc) is 2.60. The van der Waals surface area contributed by atoms with Crippen LogP contribution >= 0.6 is 11.6 Å². The van der Waals surface area contributed by atoms with Crippen LogP contribution in [-0.4, -0.2) is 35.5 Å². The summed E-state index contributed by atoms with van der Waals surface area (Å²) in [7, 11) is -3.25. The van der Waals surface area contributed by atoms with Gasteiger partial charge in [0.1, 0.15) is 5.15 Å². The number of rotatable bonds is 8. The third-order valence-electron chi connectivity index (χ3n) is 5.33. The van der Waals surface area contributed by atoms with Crippen molar-refractivity contribution in [1.82, 2.24) is 9.97 Å². The third-order valence-corrected chi connectivity index (χ3v) is 7.71. The minimum atomic E-state index is -3.25. The number of halogens is 1. The first-order valence-electron chi connectivity index (χ1n) is 9.22. The summed E-state index contributed by atoms with van der Waals surface area (Å²) >= 11 is 6.11. The number of hydrogen-bond donors (Lipinski definition) is 0. The molecular weight excluding hydrogens is 414 g/mol. The molecule has 0 radical (unpaired) electrons. The first kappa shape index (κ1) is 23.2. The van der Waals surface area contributed by atoms with Crippen molar-refractivity contribution >= 4 is 32.2 Å². The molecule has 0 aliphatic rings. The molecule has 10 heteroatoms. The minimum Gasteiger partial charge on any atom is -0.474 e. The molecule has 0 saturated heterocycles. The van der Waals surface area contributed by atoms with Crippen LogP contribution in [0.5, 0.6) is 5.88 Å². The fraction of sp³-hybridized carbons (Fsp3) is 0.579. The molecule has 158 valence electrons. The molecule has 0 fully saturated rings. The molecular formula is C19H26ClN5O3S. The van der Waals surface area contributed by atoms with Crippen LogP contribution < -0.4 is 4.74 Å². The summed E-state index contributed by atoms with van der Waals surface area (Å²) in [6, 6.07) is 1.69. The summed E-state index contributed by atoms with van der Waals surface area (Å²) < 4.78 is 29.1. The lowest BCUT2D eigenvalue weighted by molar-refractivity contribution is 0.192. The molecule has 0 aliphatic carbocycles. The van der Waals surface area contributed by atoms with E-state index in [-0.39, 0.29) is 0 Å². The Morgan fingerprint density at radius 3 is 2.48 bits per heavy atom. The highest BCUT2D eigenvalue weighted by Crippen LogP contribution is 2.38. The predicted molar refractivity (Wildman–Crippen MR) is 115 cm³/mol. The second-order valence-corrected chi connectivity index (χ2v) is 11.0. The van der Waals surface area contributed by atoms with Crippen molar-refractivity contribution in [2.45, 2.75) is 63.9 Å². The molecule has 0 spiro atoms. The molecule has 2 rings (SSSR count). The van der Waals surface area contributed by atoms with E-state index >= 15 is 0 Å². The van der Waals surface area contributed by atoms with Gasteiger partial charge in [-0.25, -0.2) is 18.4 Å². The Morgan fingerprint density at radius 1 is 1.28 bits per heavy atom. The second kappa shape index (κ2) is 8.34. The first-order valence-corrected chi connectivity index (χ1v) is 11.5. The van der Waals surface area contributed by atoms with Gasteiger partial charge in [-0.05, 0) is 56.7 Å². The van der Waals surface area contributed by atoms with Gasteiger partial charge in [-0.15, -0.1) is 0 Å². The van der Waals surface area contributed by atoms with Gasteiger partial charge < -0.3 is 4.74 Å². The van der Waals surface area contributed by atoms with Gasteiger partial charge in [-0.2, -0.15) is 0 Å². The van der Waals surface area contributed by atoms with E-state index in [1.165, 1.54) is 6.26 Å². The number of sulfone groups is 1. The van der Waals surface area contributed by atoms with Crippen molar-refractivity contribution in [1.29, 1.82) is 0 Å². The topological polar surface area (TPSA) is 118 Å². The Labute approximate surface area is 176 Å². The molecule has 0 unspecified atom stereocenters. The van der Waals surface area contributed by atoms with Gasteiger partial charge in [0.05, 0.1) is 21.8 Å². The van der Waals surface area contributed by atoms with Gasteiger partial charge in [-0.1, -0.05) is 23.6 Å². The van der Waals surface area contributed by atoms with Crippen molar-refractivity contribution in [3.05, 3.63) is 39.6 Å². The summed E-state index contributed by atoms with van der Waals surface area (Å²) in [6.45, 7) is 8.89. The van der Waals surface area contributed by atoms with Gasteiger partial charge >= 0.3 is 0 Å². The monoisotopic (exact) mass is 439 g/mol. The molecule has 2 aromatic rings. The number of ether oxygens (including phenoxy) is 1. The van der Waals surface area contributed by atoms with Crippen LogP contribution in [0.2, 0.25) is 5.15 Å². The Balaban J connectivity index is 2.53. The average molecular weight is 440 g/mol. The number of nitrogens with zero attached hydrogens (tertiary/aromatic N) is 5. The third kappa shape index (κ3) is 4.91. The van der Waals surface area contributed by atoms with E-state index in [2.05, 4.69) is 20.0 Å². The zero-order valence-electron chi connectivity index (χ0n) is 17.5. The van der Waals surface area contributed by atoms with E-state index in [1.807, 2.05) is 13.8 Å². The number of aromatic nitrogens is 2. The van der Waals surface area contributed by atoms with Crippen molar-refractivity contribution in [2.24, 2.45) is 5.11 Å². The molecule has 0 N–H and O–H groups in total. The maximum absolute atomic E-state index is 12.0. The lowest BCUT2D eigenvalue weighted by Crippen LogP contribution is -2.36. The van der Waals surface area contributed by atoms with Gasteiger partial charge in [-0.3, -0.25) is 0 Å². The van der Waals surface area contributed by atoms with Gasteiger partial charge in [0, 0.05) is 30.0 Å². The van der Waals surface area contributed by atoms with Crippen molar-refractivity contribution < 1.29 is 13.2 Å². The normalized spacial score (nSPS) is 15.4. The van der Waals surface area contributed by atoms with E-state index in [0.29, 0.717) is 34.8 Å². The number of fused-ring (bicyclic) bond motifs is 1. The Bertz CT molecular complexity index is 1070. The quantitative estimate of drug-likeness (QED) is 0.242. The largest absolute Gasteiger partial charge is 0.474 e. The fourth-order valence-electron chi connectivity index (χ4n) is 3.10. The highest BCUT2D eigenvalue weighted by atomic mass is 35.5. The van der Waals surface area contributed by atoms with Crippen LogP contribution in [0.25, 0.3) is 21.2 Å². The van der Waals surface area contributed by atoms with Crippen LogP contribution in [-0.2, 0) is 15.4 Å². The molecule has 0 bridgehead atoms. The minimum absolute atomic E-state index is 0.293. The van der Waals surface area contributed by atoms with Crippen LogP contribution in [0.15, 0.2) is 23.6 Å². The van der Waals surface area contributed by atoms with Crippen molar-refractivity contribution in [3.8, 4) is 5.88 Å². The molecule has 2 aromatic heterocycles. The molecule has 29 heavy (non-hydrogen) atoms. The van der Waals surface area contributed by atoms with Gasteiger partial charge in [0.25, 0.3) is 0 Å². The lowest BCUT2D eigenvalue weighted by Gasteiger charge is -2.27. The van der Waals surface area contributed by atoms with Crippen LogP contribution in [0.4, 0.5) is 0 Å². The van der Waals surface area contributed by atoms with Crippen molar-refractivity contribution in [2.75, 3.05) is 6.26 Å². The summed E-state index contributed by atoms with van der Waals surface area (Å²) in [6.07, 6.45) is 4.84.